The molecule has 0 radical (unpaired) electrons. The van der Waals surface area contributed by atoms with Crippen LogP contribution in [-0.4, -0.2) is 38.2 Å². The zero-order valence-electron chi connectivity index (χ0n) is 13.1. The predicted octanol–water partition coefficient (Wildman–Crippen LogP) is 1.81. The molecule has 0 saturated carbocycles. The van der Waals surface area contributed by atoms with E-state index in [0.717, 1.165) is 17.7 Å². The van der Waals surface area contributed by atoms with Gasteiger partial charge in [0, 0.05) is 12.2 Å². The molecule has 2 N–H and O–H groups in total. The van der Waals surface area contributed by atoms with Crippen LogP contribution in [0, 0.1) is 5.92 Å². The lowest BCUT2D eigenvalue weighted by atomic mass is 9.96. The fraction of sp³-hybridized carbons (Fsp3) is 0.375. The van der Waals surface area contributed by atoms with Gasteiger partial charge in [0.05, 0.1) is 6.20 Å². The molecular formula is C16H19N5O2. The van der Waals surface area contributed by atoms with E-state index in [4.69, 9.17) is 0 Å². The summed E-state index contributed by atoms with van der Waals surface area (Å²) in [7, 11) is 0. The van der Waals surface area contributed by atoms with E-state index in [9.17, 15) is 9.59 Å². The highest BCUT2D eigenvalue weighted by molar-refractivity contribution is 6.01. The van der Waals surface area contributed by atoms with Gasteiger partial charge in [0.2, 0.25) is 5.91 Å². The van der Waals surface area contributed by atoms with Crippen molar-refractivity contribution in [3.05, 3.63) is 41.7 Å². The predicted molar refractivity (Wildman–Crippen MR) is 84.6 cm³/mol. The standard InChI is InChI=1S/C16H19N5O2/c1-3-10(2)14-15(22)18-12-7-5-4-6-11(12)9-21(14)16(23)13-8-17-20-19-13/h4-8,10,14H,3,9H2,1-2H3,(H,18,22)(H,17,19,20)/t10-,14-/m0/s1. The smallest absolute Gasteiger partial charge is 0.277 e. The van der Waals surface area contributed by atoms with E-state index in [0.29, 0.717) is 6.54 Å². The zero-order chi connectivity index (χ0) is 16.4. The minimum atomic E-state index is -0.545. The number of aromatic amines is 1. The molecule has 0 aliphatic carbocycles. The molecule has 1 aromatic heterocycles. The fourth-order valence-electron chi connectivity index (χ4n) is 2.85. The summed E-state index contributed by atoms with van der Waals surface area (Å²) in [4.78, 5) is 27.1. The van der Waals surface area contributed by atoms with Crippen LogP contribution in [0.5, 0.6) is 0 Å². The molecule has 3 rings (SSSR count). The second kappa shape index (κ2) is 6.20. The number of rotatable bonds is 3. The molecule has 0 bridgehead atoms. The molecule has 0 unspecified atom stereocenters. The van der Waals surface area contributed by atoms with E-state index in [1.54, 1.807) is 4.90 Å². The van der Waals surface area contributed by atoms with Crippen molar-refractivity contribution in [1.29, 1.82) is 0 Å². The maximum absolute atomic E-state index is 12.8. The Hall–Kier alpha value is -2.70. The number of benzene rings is 1. The van der Waals surface area contributed by atoms with Crippen LogP contribution in [-0.2, 0) is 11.3 Å². The molecule has 2 heterocycles. The lowest BCUT2D eigenvalue weighted by Gasteiger charge is -2.31. The summed E-state index contributed by atoms with van der Waals surface area (Å²) in [5.41, 5.74) is 1.87. The van der Waals surface area contributed by atoms with Crippen LogP contribution in [0.1, 0.15) is 36.3 Å². The Morgan fingerprint density at radius 1 is 1.43 bits per heavy atom. The number of nitrogens with one attached hydrogen (secondary N) is 2. The maximum atomic E-state index is 12.8. The monoisotopic (exact) mass is 313 g/mol. The largest absolute Gasteiger partial charge is 0.324 e. The van der Waals surface area contributed by atoms with E-state index >= 15 is 0 Å². The van der Waals surface area contributed by atoms with Crippen molar-refractivity contribution in [2.75, 3.05) is 5.32 Å². The summed E-state index contributed by atoms with van der Waals surface area (Å²) in [6, 6.07) is 6.99. The minimum Gasteiger partial charge on any atom is -0.324 e. The number of carbonyl (C=O) groups excluding carboxylic acids is 2. The van der Waals surface area contributed by atoms with Crippen molar-refractivity contribution in [2.45, 2.75) is 32.9 Å². The molecule has 1 aromatic carbocycles. The summed E-state index contributed by atoms with van der Waals surface area (Å²) in [5, 5.41) is 12.9. The number of hydrogen-bond donors (Lipinski definition) is 2. The van der Waals surface area contributed by atoms with Gasteiger partial charge >= 0.3 is 0 Å². The van der Waals surface area contributed by atoms with Gasteiger partial charge in [-0.2, -0.15) is 0 Å². The maximum Gasteiger partial charge on any atom is 0.277 e. The first kappa shape index (κ1) is 15.2. The van der Waals surface area contributed by atoms with Crippen LogP contribution in [0.15, 0.2) is 30.5 Å². The van der Waals surface area contributed by atoms with Gasteiger partial charge in [-0.25, -0.2) is 0 Å². The summed E-state index contributed by atoms with van der Waals surface area (Å²) >= 11 is 0. The number of H-pyrrole nitrogens is 1. The number of aromatic nitrogens is 3. The molecule has 2 atom stereocenters. The second-order valence-electron chi connectivity index (χ2n) is 5.77. The van der Waals surface area contributed by atoms with E-state index in [1.807, 2.05) is 38.1 Å². The summed E-state index contributed by atoms with van der Waals surface area (Å²) in [5.74, 6) is -0.433. The third kappa shape index (κ3) is 2.81. The molecule has 23 heavy (non-hydrogen) atoms. The molecule has 120 valence electrons. The van der Waals surface area contributed by atoms with Crippen LogP contribution >= 0.6 is 0 Å². The van der Waals surface area contributed by atoms with Gasteiger partial charge < -0.3 is 10.2 Å². The summed E-state index contributed by atoms with van der Waals surface area (Å²) < 4.78 is 0. The Bertz CT molecular complexity index is 713. The highest BCUT2D eigenvalue weighted by Gasteiger charge is 2.37. The molecule has 1 aliphatic rings. The number of para-hydroxylation sites is 1. The van der Waals surface area contributed by atoms with Gasteiger partial charge in [-0.3, -0.25) is 14.7 Å². The zero-order valence-corrected chi connectivity index (χ0v) is 13.1. The van der Waals surface area contributed by atoms with E-state index in [-0.39, 0.29) is 23.4 Å². The third-order valence-electron chi connectivity index (χ3n) is 4.30. The molecule has 2 aromatic rings. The first-order chi connectivity index (χ1) is 11.1. The van der Waals surface area contributed by atoms with Crippen LogP contribution in [0.2, 0.25) is 0 Å². The molecule has 0 fully saturated rings. The SMILES string of the molecule is CC[C@H](C)[C@H]1C(=O)Nc2ccccc2CN1C(=O)c1c[nH]nn1. The Balaban J connectivity index is 2.03. The van der Waals surface area contributed by atoms with Crippen molar-refractivity contribution < 1.29 is 9.59 Å². The van der Waals surface area contributed by atoms with Gasteiger partial charge in [-0.15, -0.1) is 5.10 Å². The number of fused-ring (bicyclic) bond motifs is 1. The minimum absolute atomic E-state index is 0.0279. The number of hydrogen-bond acceptors (Lipinski definition) is 4. The van der Waals surface area contributed by atoms with Gasteiger partial charge in [0.15, 0.2) is 5.69 Å². The lowest BCUT2D eigenvalue weighted by molar-refractivity contribution is -0.122. The van der Waals surface area contributed by atoms with Crippen molar-refractivity contribution in [2.24, 2.45) is 5.92 Å². The number of nitrogens with zero attached hydrogens (tertiary/aromatic N) is 3. The van der Waals surface area contributed by atoms with Crippen molar-refractivity contribution in [1.82, 2.24) is 20.3 Å². The Morgan fingerprint density at radius 3 is 2.91 bits per heavy atom. The molecule has 0 spiro atoms. The number of anilines is 1. The molecular weight excluding hydrogens is 294 g/mol. The van der Waals surface area contributed by atoms with Gasteiger partial charge in [0.1, 0.15) is 6.04 Å². The average Bonchev–Trinajstić information content (AvgIpc) is 3.04. The summed E-state index contributed by atoms with van der Waals surface area (Å²) in [6.07, 6.45) is 2.24. The topological polar surface area (TPSA) is 91.0 Å². The fourth-order valence-corrected chi connectivity index (χ4v) is 2.85. The highest BCUT2D eigenvalue weighted by Crippen LogP contribution is 2.28. The molecule has 1 aliphatic heterocycles. The van der Waals surface area contributed by atoms with Crippen LogP contribution in [0.4, 0.5) is 5.69 Å². The van der Waals surface area contributed by atoms with Crippen molar-refractivity contribution >= 4 is 17.5 Å². The highest BCUT2D eigenvalue weighted by atomic mass is 16.2. The first-order valence-corrected chi connectivity index (χ1v) is 7.68. The van der Waals surface area contributed by atoms with Gasteiger partial charge in [0.25, 0.3) is 5.91 Å². The van der Waals surface area contributed by atoms with Gasteiger partial charge in [-0.05, 0) is 17.5 Å². The Morgan fingerprint density at radius 2 is 2.22 bits per heavy atom. The Kier molecular flexibility index (Phi) is 4.10. The van der Waals surface area contributed by atoms with Crippen molar-refractivity contribution in [3.8, 4) is 0 Å². The molecule has 2 amide bonds. The van der Waals surface area contributed by atoms with E-state index in [2.05, 4.69) is 20.7 Å². The lowest BCUT2D eigenvalue weighted by Crippen LogP contribution is -2.49. The van der Waals surface area contributed by atoms with Crippen LogP contribution in [0.3, 0.4) is 0 Å². The molecule has 7 nitrogen and oxygen atoms in total. The average molecular weight is 313 g/mol. The van der Waals surface area contributed by atoms with Gasteiger partial charge in [-0.1, -0.05) is 43.7 Å². The number of carbonyl (C=O) groups is 2. The normalized spacial score (nSPS) is 18.8. The quantitative estimate of drug-likeness (QED) is 0.904. The third-order valence-corrected chi connectivity index (χ3v) is 4.30. The van der Waals surface area contributed by atoms with Crippen LogP contribution < -0.4 is 5.32 Å². The van der Waals surface area contributed by atoms with E-state index in [1.165, 1.54) is 6.20 Å². The Labute approximate surface area is 134 Å². The molecule has 7 heteroatoms. The number of amides is 2. The summed E-state index contributed by atoms with van der Waals surface area (Å²) in [6.45, 7) is 4.34. The second-order valence-corrected chi connectivity index (χ2v) is 5.77. The van der Waals surface area contributed by atoms with Crippen LogP contribution in [0.25, 0.3) is 0 Å². The first-order valence-electron chi connectivity index (χ1n) is 7.68. The van der Waals surface area contributed by atoms with Crippen molar-refractivity contribution in [3.63, 3.8) is 0 Å². The molecule has 0 saturated heterocycles. The van der Waals surface area contributed by atoms with E-state index < -0.39 is 6.04 Å².